The Hall–Kier alpha value is -3.24. The predicted octanol–water partition coefficient (Wildman–Crippen LogP) is 3.99. The number of imidazole rings is 1. The van der Waals surface area contributed by atoms with Gasteiger partial charge in [0.25, 0.3) is 11.8 Å². The van der Waals surface area contributed by atoms with E-state index in [-0.39, 0.29) is 23.7 Å². The minimum atomic E-state index is -4.61. The second-order valence-corrected chi connectivity index (χ2v) is 7.23. The van der Waals surface area contributed by atoms with Gasteiger partial charge in [0.05, 0.1) is 23.4 Å². The van der Waals surface area contributed by atoms with Gasteiger partial charge >= 0.3 is 6.18 Å². The minimum Gasteiger partial charge on any atom is -0.466 e. The molecule has 1 aliphatic rings. The molecule has 3 aromatic heterocycles. The first-order valence-electron chi connectivity index (χ1n) is 9.36. The number of pyridine rings is 2. The molecular formula is C20H17F5N4O2. The van der Waals surface area contributed by atoms with E-state index in [1.807, 2.05) is 0 Å². The van der Waals surface area contributed by atoms with E-state index in [0.717, 1.165) is 19.1 Å². The summed E-state index contributed by atoms with van der Waals surface area (Å²) in [7, 11) is 0. The van der Waals surface area contributed by atoms with E-state index in [9.17, 15) is 26.7 Å². The van der Waals surface area contributed by atoms with Crippen LogP contribution in [0.15, 0.2) is 42.9 Å². The van der Waals surface area contributed by atoms with Crippen molar-refractivity contribution in [3.8, 4) is 5.88 Å². The quantitative estimate of drug-likeness (QED) is 0.578. The topological polar surface area (TPSA) is 59.7 Å². The Morgan fingerprint density at radius 3 is 2.71 bits per heavy atom. The molecule has 1 atom stereocenters. The summed E-state index contributed by atoms with van der Waals surface area (Å²) in [5.74, 6) is -4.13. The number of carbonyl (C=O) groups is 1. The molecule has 164 valence electrons. The van der Waals surface area contributed by atoms with Crippen molar-refractivity contribution in [2.75, 3.05) is 13.1 Å². The van der Waals surface area contributed by atoms with Gasteiger partial charge in [0.1, 0.15) is 5.65 Å². The summed E-state index contributed by atoms with van der Waals surface area (Å²) in [6.45, 7) is 0.470. The van der Waals surface area contributed by atoms with Gasteiger partial charge in [-0.3, -0.25) is 4.79 Å². The normalized spacial score (nSPS) is 18.9. The van der Waals surface area contributed by atoms with Gasteiger partial charge in [-0.1, -0.05) is 0 Å². The number of aromatic nitrogens is 3. The number of hydrogen-bond donors (Lipinski definition) is 0. The van der Waals surface area contributed by atoms with Crippen LogP contribution in [0, 0.1) is 6.92 Å². The molecule has 3 aromatic rings. The van der Waals surface area contributed by atoms with E-state index in [0.29, 0.717) is 5.65 Å². The molecule has 0 radical (unpaired) electrons. The first-order chi connectivity index (χ1) is 14.6. The van der Waals surface area contributed by atoms with Crippen molar-refractivity contribution < 1.29 is 31.5 Å². The van der Waals surface area contributed by atoms with E-state index in [1.165, 1.54) is 11.1 Å². The van der Waals surface area contributed by atoms with Crippen molar-refractivity contribution in [1.82, 2.24) is 19.3 Å². The lowest BCUT2D eigenvalue weighted by Crippen LogP contribution is -2.55. The summed E-state index contributed by atoms with van der Waals surface area (Å²) < 4.78 is 74.6. The zero-order valence-electron chi connectivity index (χ0n) is 16.2. The summed E-state index contributed by atoms with van der Waals surface area (Å²) in [6.07, 6.45) is -2.15. The van der Waals surface area contributed by atoms with E-state index in [4.69, 9.17) is 4.74 Å². The second kappa shape index (κ2) is 7.47. The average molecular weight is 440 g/mol. The molecule has 1 fully saturated rings. The minimum absolute atomic E-state index is 0.201. The van der Waals surface area contributed by atoms with Crippen molar-refractivity contribution in [1.29, 1.82) is 0 Å². The molecule has 0 N–H and O–H groups in total. The lowest BCUT2D eigenvalue weighted by Gasteiger charge is -2.38. The van der Waals surface area contributed by atoms with E-state index in [1.54, 1.807) is 28.9 Å². The van der Waals surface area contributed by atoms with Crippen LogP contribution in [0.4, 0.5) is 22.0 Å². The van der Waals surface area contributed by atoms with Crippen LogP contribution in [-0.4, -0.2) is 50.3 Å². The molecule has 6 nitrogen and oxygen atoms in total. The van der Waals surface area contributed by atoms with Gasteiger partial charge in [0.15, 0.2) is 6.10 Å². The second-order valence-electron chi connectivity index (χ2n) is 7.23. The molecule has 11 heteroatoms. The lowest BCUT2D eigenvalue weighted by molar-refractivity contribution is -0.139. The van der Waals surface area contributed by atoms with Crippen molar-refractivity contribution in [2.45, 2.75) is 31.5 Å². The smallest absolute Gasteiger partial charge is 0.418 e. The van der Waals surface area contributed by atoms with Crippen molar-refractivity contribution in [3.63, 3.8) is 0 Å². The molecule has 0 aliphatic carbocycles. The molecule has 1 saturated heterocycles. The monoisotopic (exact) mass is 440 g/mol. The number of aryl methyl sites for hydroxylation is 1. The number of rotatable bonds is 3. The first-order valence-corrected chi connectivity index (χ1v) is 9.36. The Labute approximate surface area is 173 Å². The Morgan fingerprint density at radius 1 is 1.23 bits per heavy atom. The molecule has 0 saturated carbocycles. The van der Waals surface area contributed by atoms with Crippen LogP contribution >= 0.6 is 0 Å². The average Bonchev–Trinajstić information content (AvgIpc) is 3.17. The summed E-state index contributed by atoms with van der Waals surface area (Å²) in [6, 6.07) is 4.83. The number of ether oxygens (including phenoxy) is 1. The number of nitrogens with zero attached hydrogens (tertiary/aromatic N) is 4. The van der Waals surface area contributed by atoms with E-state index < -0.39 is 42.6 Å². The molecule has 1 amide bonds. The van der Waals surface area contributed by atoms with Crippen LogP contribution in [0.25, 0.3) is 5.65 Å². The number of fused-ring (bicyclic) bond motifs is 1. The van der Waals surface area contributed by atoms with Crippen molar-refractivity contribution >= 4 is 11.6 Å². The molecule has 31 heavy (non-hydrogen) atoms. The SMILES string of the molecule is Cc1nc(OC2CN(C(=O)c3cccn4ccnc34)CCC2(F)F)ccc1C(F)(F)F. The fourth-order valence-electron chi connectivity index (χ4n) is 3.51. The highest BCUT2D eigenvalue weighted by atomic mass is 19.4. The summed E-state index contributed by atoms with van der Waals surface area (Å²) in [5.41, 5.74) is -0.717. The van der Waals surface area contributed by atoms with Gasteiger partial charge in [-0.2, -0.15) is 13.2 Å². The highest BCUT2D eigenvalue weighted by Crippen LogP contribution is 2.35. The van der Waals surface area contributed by atoms with Crippen molar-refractivity contribution in [3.05, 3.63) is 59.7 Å². The fourth-order valence-corrected chi connectivity index (χ4v) is 3.51. The van der Waals surface area contributed by atoms with E-state index in [2.05, 4.69) is 9.97 Å². The molecule has 1 aliphatic heterocycles. The molecular weight excluding hydrogens is 423 g/mol. The van der Waals surface area contributed by atoms with E-state index >= 15 is 0 Å². The molecule has 0 spiro atoms. The maximum absolute atomic E-state index is 14.5. The van der Waals surface area contributed by atoms with Crippen LogP contribution in [0.1, 0.15) is 28.0 Å². The zero-order chi connectivity index (χ0) is 22.4. The van der Waals surface area contributed by atoms with Crippen LogP contribution in [0.5, 0.6) is 5.88 Å². The fraction of sp³-hybridized carbons (Fsp3) is 0.350. The summed E-state index contributed by atoms with van der Waals surface area (Å²) in [4.78, 5) is 22.0. The van der Waals surface area contributed by atoms with Gasteiger partial charge in [-0.05, 0) is 25.1 Å². The molecule has 0 aromatic carbocycles. The Balaban J connectivity index is 1.56. The lowest BCUT2D eigenvalue weighted by atomic mass is 10.0. The van der Waals surface area contributed by atoms with Crippen LogP contribution in [0.2, 0.25) is 0 Å². The number of carbonyl (C=O) groups excluding carboxylic acids is 1. The van der Waals surface area contributed by atoms with Gasteiger partial charge in [0, 0.05) is 37.6 Å². The Bertz CT molecular complexity index is 1130. The third-order valence-electron chi connectivity index (χ3n) is 5.14. The number of amides is 1. The molecule has 0 bridgehead atoms. The maximum Gasteiger partial charge on any atom is 0.418 e. The van der Waals surface area contributed by atoms with Crippen molar-refractivity contribution in [2.24, 2.45) is 0 Å². The largest absolute Gasteiger partial charge is 0.466 e. The highest BCUT2D eigenvalue weighted by molar-refractivity contribution is 5.99. The molecule has 4 rings (SSSR count). The third kappa shape index (κ3) is 4.04. The Kier molecular flexibility index (Phi) is 5.06. The van der Waals surface area contributed by atoms with Crippen LogP contribution < -0.4 is 4.74 Å². The number of likely N-dealkylation sites (tertiary alicyclic amines) is 1. The standard InChI is InChI=1S/C20H17F5N4O2/c1-12-14(20(23,24)25)4-5-16(27-12)31-15-11-29(9-6-19(15,21)22)18(30)13-3-2-8-28-10-7-26-17(13)28/h2-5,7-8,10,15H,6,9,11H2,1H3. The number of hydrogen-bond acceptors (Lipinski definition) is 4. The maximum atomic E-state index is 14.5. The molecule has 4 heterocycles. The van der Waals surface area contributed by atoms with Gasteiger partial charge in [-0.25, -0.2) is 18.7 Å². The van der Waals surface area contributed by atoms with Crippen LogP contribution in [0.3, 0.4) is 0 Å². The number of piperidine rings is 1. The summed E-state index contributed by atoms with van der Waals surface area (Å²) in [5, 5.41) is 0. The predicted molar refractivity (Wildman–Crippen MR) is 99.1 cm³/mol. The number of halogens is 5. The van der Waals surface area contributed by atoms with Gasteiger partial charge in [0.2, 0.25) is 5.88 Å². The molecule has 1 unspecified atom stereocenters. The highest BCUT2D eigenvalue weighted by Gasteiger charge is 2.47. The number of alkyl halides is 5. The van der Waals surface area contributed by atoms with Gasteiger partial charge in [-0.15, -0.1) is 0 Å². The Morgan fingerprint density at radius 2 is 2.00 bits per heavy atom. The summed E-state index contributed by atoms with van der Waals surface area (Å²) >= 11 is 0. The third-order valence-corrected chi connectivity index (χ3v) is 5.14. The first kappa shape index (κ1) is 21.0. The zero-order valence-corrected chi connectivity index (χ0v) is 16.2. The van der Waals surface area contributed by atoms with Gasteiger partial charge < -0.3 is 14.0 Å². The van der Waals surface area contributed by atoms with Crippen LogP contribution in [-0.2, 0) is 6.18 Å².